The molecular weight excluding hydrogens is 242 g/mol. The summed E-state index contributed by atoms with van der Waals surface area (Å²) in [6.45, 7) is 2.07. The number of rotatable bonds is 4. The SMILES string of the molecule is CNC1CCCN(C(=O)CCn2ccccc2=O)C1. The Bertz CT molecular complexity index is 484. The fraction of sp³-hybridized carbons (Fsp3) is 0.571. The Morgan fingerprint density at radius 1 is 1.47 bits per heavy atom. The number of piperidine rings is 1. The van der Waals surface area contributed by atoms with Gasteiger partial charge in [0.2, 0.25) is 5.91 Å². The summed E-state index contributed by atoms with van der Waals surface area (Å²) in [5.74, 6) is 0.135. The van der Waals surface area contributed by atoms with E-state index in [1.54, 1.807) is 16.8 Å². The highest BCUT2D eigenvalue weighted by atomic mass is 16.2. The molecule has 5 heteroatoms. The number of likely N-dealkylation sites (N-methyl/N-ethyl adjacent to an activating group) is 1. The van der Waals surface area contributed by atoms with E-state index in [1.165, 1.54) is 6.07 Å². The van der Waals surface area contributed by atoms with E-state index in [9.17, 15) is 9.59 Å². The van der Waals surface area contributed by atoms with E-state index >= 15 is 0 Å². The fourth-order valence-corrected chi connectivity index (χ4v) is 2.46. The minimum atomic E-state index is -0.0537. The quantitative estimate of drug-likeness (QED) is 0.858. The van der Waals surface area contributed by atoms with Gasteiger partial charge in [0.1, 0.15) is 0 Å². The van der Waals surface area contributed by atoms with Gasteiger partial charge in [0.25, 0.3) is 5.56 Å². The zero-order valence-corrected chi connectivity index (χ0v) is 11.3. The molecule has 0 aliphatic carbocycles. The molecule has 2 heterocycles. The molecule has 1 aromatic heterocycles. The topological polar surface area (TPSA) is 54.3 Å². The molecule has 0 radical (unpaired) electrons. The molecule has 1 unspecified atom stereocenters. The number of amides is 1. The Morgan fingerprint density at radius 3 is 3.05 bits per heavy atom. The standard InChI is InChI=1S/C14H21N3O2/c1-15-12-5-4-9-17(11-12)14(19)7-10-16-8-3-2-6-13(16)18/h2-3,6,8,12,15H,4-5,7,9-11H2,1H3. The molecule has 104 valence electrons. The van der Waals surface area contributed by atoms with Crippen LogP contribution in [0, 0.1) is 0 Å². The van der Waals surface area contributed by atoms with E-state index < -0.39 is 0 Å². The molecule has 1 aliphatic heterocycles. The molecule has 5 nitrogen and oxygen atoms in total. The molecule has 0 spiro atoms. The van der Waals surface area contributed by atoms with Gasteiger partial charge in [0.15, 0.2) is 0 Å². The summed E-state index contributed by atoms with van der Waals surface area (Å²) in [4.78, 5) is 25.6. The predicted molar refractivity (Wildman–Crippen MR) is 74.0 cm³/mol. The highest BCUT2D eigenvalue weighted by Crippen LogP contribution is 2.11. The summed E-state index contributed by atoms with van der Waals surface area (Å²) in [6.07, 6.45) is 4.28. The third-order valence-electron chi connectivity index (χ3n) is 3.65. The second-order valence-electron chi connectivity index (χ2n) is 4.95. The maximum absolute atomic E-state index is 12.1. The van der Waals surface area contributed by atoms with Gasteiger partial charge in [-0.3, -0.25) is 9.59 Å². The molecule has 2 rings (SSSR count). The van der Waals surface area contributed by atoms with Crippen LogP contribution in [0.3, 0.4) is 0 Å². The predicted octanol–water partition coefficient (Wildman–Crippen LogP) is 0.449. The Kier molecular flexibility index (Phi) is 4.74. The maximum Gasteiger partial charge on any atom is 0.250 e. The molecule has 0 bridgehead atoms. The van der Waals surface area contributed by atoms with Crippen molar-refractivity contribution in [3.05, 3.63) is 34.7 Å². The van der Waals surface area contributed by atoms with Crippen molar-refractivity contribution in [1.82, 2.24) is 14.8 Å². The minimum Gasteiger partial charge on any atom is -0.341 e. The van der Waals surface area contributed by atoms with Gasteiger partial charge in [-0.25, -0.2) is 0 Å². The van der Waals surface area contributed by atoms with Crippen molar-refractivity contribution >= 4 is 5.91 Å². The smallest absolute Gasteiger partial charge is 0.250 e. The Balaban J connectivity index is 1.87. The zero-order valence-electron chi connectivity index (χ0n) is 11.3. The second-order valence-corrected chi connectivity index (χ2v) is 4.95. The molecule has 1 aliphatic rings. The molecule has 0 saturated carbocycles. The number of likely N-dealkylation sites (tertiary alicyclic amines) is 1. The molecule has 1 fully saturated rings. The fourth-order valence-electron chi connectivity index (χ4n) is 2.46. The average molecular weight is 263 g/mol. The van der Waals surface area contributed by atoms with Crippen LogP contribution in [-0.2, 0) is 11.3 Å². The van der Waals surface area contributed by atoms with Gasteiger partial charge in [-0.1, -0.05) is 6.07 Å². The summed E-state index contributed by atoms with van der Waals surface area (Å²) in [5.41, 5.74) is -0.0537. The number of hydrogen-bond donors (Lipinski definition) is 1. The Hall–Kier alpha value is -1.62. The lowest BCUT2D eigenvalue weighted by molar-refractivity contribution is -0.132. The molecule has 1 aromatic rings. The van der Waals surface area contributed by atoms with Crippen LogP contribution < -0.4 is 10.9 Å². The van der Waals surface area contributed by atoms with Crippen LogP contribution >= 0.6 is 0 Å². The van der Waals surface area contributed by atoms with Crippen LogP contribution in [0.2, 0.25) is 0 Å². The third-order valence-corrected chi connectivity index (χ3v) is 3.65. The van der Waals surface area contributed by atoms with Crippen molar-refractivity contribution in [3.63, 3.8) is 0 Å². The number of carbonyl (C=O) groups excluding carboxylic acids is 1. The van der Waals surface area contributed by atoms with Crippen LogP contribution in [0.5, 0.6) is 0 Å². The van der Waals surface area contributed by atoms with Crippen LogP contribution in [0.1, 0.15) is 19.3 Å². The van der Waals surface area contributed by atoms with Crippen molar-refractivity contribution in [2.24, 2.45) is 0 Å². The number of pyridine rings is 1. The highest BCUT2D eigenvalue weighted by Gasteiger charge is 2.22. The summed E-state index contributed by atoms with van der Waals surface area (Å²) >= 11 is 0. The lowest BCUT2D eigenvalue weighted by Crippen LogP contribution is -2.47. The van der Waals surface area contributed by atoms with Gasteiger partial charge >= 0.3 is 0 Å². The highest BCUT2D eigenvalue weighted by molar-refractivity contribution is 5.76. The first-order valence-corrected chi connectivity index (χ1v) is 6.81. The molecule has 1 amide bonds. The summed E-state index contributed by atoms with van der Waals surface area (Å²) in [6, 6.07) is 5.44. The number of hydrogen-bond acceptors (Lipinski definition) is 3. The van der Waals surface area contributed by atoms with Crippen molar-refractivity contribution < 1.29 is 4.79 Å². The molecule has 1 atom stereocenters. The minimum absolute atomic E-state index is 0.0537. The number of nitrogens with zero attached hydrogens (tertiary/aromatic N) is 2. The largest absolute Gasteiger partial charge is 0.341 e. The summed E-state index contributed by atoms with van der Waals surface area (Å²) in [5, 5.41) is 3.22. The van der Waals surface area contributed by atoms with Gasteiger partial charge in [-0.15, -0.1) is 0 Å². The zero-order chi connectivity index (χ0) is 13.7. The van der Waals surface area contributed by atoms with E-state index in [2.05, 4.69) is 5.32 Å². The molecule has 1 saturated heterocycles. The van der Waals surface area contributed by atoms with E-state index in [0.717, 1.165) is 25.9 Å². The first-order valence-electron chi connectivity index (χ1n) is 6.81. The van der Waals surface area contributed by atoms with Gasteiger partial charge < -0.3 is 14.8 Å². The summed E-state index contributed by atoms with van der Waals surface area (Å²) < 4.78 is 1.58. The number of nitrogens with one attached hydrogen (secondary N) is 1. The van der Waals surface area contributed by atoms with Crippen LogP contribution in [0.25, 0.3) is 0 Å². The second kappa shape index (κ2) is 6.52. The average Bonchev–Trinajstić information content (AvgIpc) is 2.46. The van der Waals surface area contributed by atoms with Gasteiger partial charge in [-0.05, 0) is 26.0 Å². The summed E-state index contributed by atoms with van der Waals surface area (Å²) in [7, 11) is 1.93. The van der Waals surface area contributed by atoms with Crippen LogP contribution in [0.15, 0.2) is 29.2 Å². The van der Waals surface area contributed by atoms with Crippen molar-refractivity contribution in [3.8, 4) is 0 Å². The van der Waals surface area contributed by atoms with Crippen LogP contribution in [0.4, 0.5) is 0 Å². The van der Waals surface area contributed by atoms with Gasteiger partial charge in [-0.2, -0.15) is 0 Å². The first kappa shape index (κ1) is 13.8. The van der Waals surface area contributed by atoms with E-state index in [1.807, 2.05) is 18.0 Å². The number of aromatic nitrogens is 1. The molecular formula is C14H21N3O2. The van der Waals surface area contributed by atoms with E-state index in [-0.39, 0.29) is 11.5 Å². The van der Waals surface area contributed by atoms with Gasteiger partial charge in [0, 0.05) is 44.4 Å². The van der Waals surface area contributed by atoms with E-state index in [4.69, 9.17) is 0 Å². The van der Waals surface area contributed by atoms with Crippen molar-refractivity contribution in [2.75, 3.05) is 20.1 Å². The third kappa shape index (κ3) is 3.67. The molecule has 19 heavy (non-hydrogen) atoms. The van der Waals surface area contributed by atoms with Gasteiger partial charge in [0.05, 0.1) is 0 Å². The van der Waals surface area contributed by atoms with E-state index in [0.29, 0.717) is 19.0 Å². The van der Waals surface area contributed by atoms with Crippen LogP contribution in [-0.4, -0.2) is 41.6 Å². The van der Waals surface area contributed by atoms with Crippen molar-refractivity contribution in [1.29, 1.82) is 0 Å². The maximum atomic E-state index is 12.1. The first-order chi connectivity index (χ1) is 9.20. The van der Waals surface area contributed by atoms with Crippen molar-refractivity contribution in [2.45, 2.75) is 31.8 Å². The number of aryl methyl sites for hydroxylation is 1. The molecule has 0 aromatic carbocycles. The number of carbonyl (C=O) groups is 1. The normalized spacial score (nSPS) is 19.4. The Labute approximate surface area is 113 Å². The lowest BCUT2D eigenvalue weighted by atomic mass is 10.1. The Morgan fingerprint density at radius 2 is 2.32 bits per heavy atom. The lowest BCUT2D eigenvalue weighted by Gasteiger charge is -2.32. The molecule has 1 N–H and O–H groups in total. The monoisotopic (exact) mass is 263 g/mol.